The molecule has 3 nitrogen and oxygen atoms in total. The Morgan fingerprint density at radius 1 is 1.00 bits per heavy atom. The summed E-state index contributed by atoms with van der Waals surface area (Å²) in [6.07, 6.45) is -9.49. The molecule has 20 heavy (non-hydrogen) atoms. The molecular weight excluding hydrogens is 288 g/mol. The maximum atomic E-state index is 13.3. The third kappa shape index (κ3) is 2.61. The highest BCUT2D eigenvalue weighted by Gasteiger charge is 2.59. The standard InChI is InChI=1S/C11H7F6N3/c12-9(10(13,14)15)11(16,17)20-6-8(18-19-20)7-4-2-1-3-5-7/h1-6,9H. The van der Waals surface area contributed by atoms with Gasteiger partial charge in [-0.2, -0.15) is 26.6 Å². The summed E-state index contributed by atoms with van der Waals surface area (Å²) in [7, 11) is 0. The Labute approximate surface area is 108 Å². The van der Waals surface area contributed by atoms with E-state index in [4.69, 9.17) is 0 Å². The number of halogens is 6. The van der Waals surface area contributed by atoms with E-state index in [1.165, 1.54) is 12.1 Å². The lowest BCUT2D eigenvalue weighted by atomic mass is 10.2. The third-order valence-corrected chi connectivity index (χ3v) is 2.46. The van der Waals surface area contributed by atoms with Crippen LogP contribution in [0.2, 0.25) is 0 Å². The van der Waals surface area contributed by atoms with Gasteiger partial charge in [0.2, 0.25) is 0 Å². The van der Waals surface area contributed by atoms with Crippen molar-refractivity contribution < 1.29 is 26.3 Å². The van der Waals surface area contributed by atoms with Gasteiger partial charge in [-0.15, -0.1) is 5.10 Å². The van der Waals surface area contributed by atoms with E-state index < -0.39 is 23.1 Å². The normalized spacial score (nSPS) is 14.3. The zero-order valence-electron chi connectivity index (χ0n) is 9.65. The molecule has 9 heteroatoms. The van der Waals surface area contributed by atoms with Crippen molar-refractivity contribution >= 4 is 0 Å². The van der Waals surface area contributed by atoms with Crippen molar-refractivity contribution in [3.05, 3.63) is 36.5 Å². The summed E-state index contributed by atoms with van der Waals surface area (Å²) in [5.41, 5.74) is 0.289. The highest BCUT2D eigenvalue weighted by molar-refractivity contribution is 5.57. The van der Waals surface area contributed by atoms with Crippen LogP contribution in [0.15, 0.2) is 36.5 Å². The molecule has 0 saturated carbocycles. The third-order valence-electron chi connectivity index (χ3n) is 2.46. The summed E-state index contributed by atoms with van der Waals surface area (Å²) in [6, 6.07) is 2.97. The molecule has 0 fully saturated rings. The predicted molar refractivity (Wildman–Crippen MR) is 56.6 cm³/mol. The van der Waals surface area contributed by atoms with E-state index in [1.807, 2.05) is 0 Å². The molecule has 2 rings (SSSR count). The molecule has 0 radical (unpaired) electrons. The molecule has 1 heterocycles. The Hall–Kier alpha value is -2.06. The van der Waals surface area contributed by atoms with Crippen LogP contribution in [0.3, 0.4) is 0 Å². The second kappa shape index (κ2) is 4.80. The molecule has 1 unspecified atom stereocenters. The summed E-state index contributed by atoms with van der Waals surface area (Å²) in [5.74, 6) is 0. The number of rotatable bonds is 3. The van der Waals surface area contributed by atoms with Crippen LogP contribution in [0.25, 0.3) is 11.3 Å². The second-order valence-corrected chi connectivity index (χ2v) is 3.91. The van der Waals surface area contributed by atoms with Gasteiger partial charge in [-0.25, -0.2) is 4.39 Å². The van der Waals surface area contributed by atoms with E-state index >= 15 is 0 Å². The van der Waals surface area contributed by atoms with Gasteiger partial charge in [0.25, 0.3) is 6.17 Å². The van der Waals surface area contributed by atoms with Crippen LogP contribution in [0.4, 0.5) is 26.3 Å². The van der Waals surface area contributed by atoms with Crippen molar-refractivity contribution in [2.75, 3.05) is 0 Å². The lowest BCUT2D eigenvalue weighted by Crippen LogP contribution is -2.44. The minimum absolute atomic E-state index is 0.0837. The van der Waals surface area contributed by atoms with Crippen LogP contribution >= 0.6 is 0 Å². The van der Waals surface area contributed by atoms with Gasteiger partial charge >= 0.3 is 12.2 Å². The molecule has 1 aromatic carbocycles. The highest BCUT2D eigenvalue weighted by Crippen LogP contribution is 2.38. The number of aromatic nitrogens is 3. The van der Waals surface area contributed by atoms with Gasteiger partial charge in [0, 0.05) is 5.56 Å². The minimum atomic E-state index is -5.69. The average molecular weight is 295 g/mol. The van der Waals surface area contributed by atoms with Gasteiger partial charge < -0.3 is 0 Å². The van der Waals surface area contributed by atoms with Crippen LogP contribution in [0.1, 0.15) is 0 Å². The van der Waals surface area contributed by atoms with Gasteiger partial charge in [0.15, 0.2) is 0 Å². The summed E-state index contributed by atoms with van der Waals surface area (Å²) in [5, 5.41) is 6.19. The molecule has 1 aromatic heterocycles. The minimum Gasteiger partial charge on any atom is -0.228 e. The van der Waals surface area contributed by atoms with Crippen molar-refractivity contribution in [2.45, 2.75) is 18.4 Å². The van der Waals surface area contributed by atoms with Gasteiger partial charge in [-0.05, 0) is 0 Å². The van der Waals surface area contributed by atoms with E-state index in [0.717, 1.165) is 0 Å². The Balaban J connectivity index is 2.33. The second-order valence-electron chi connectivity index (χ2n) is 3.91. The molecule has 0 N–H and O–H groups in total. The van der Waals surface area contributed by atoms with Gasteiger partial charge in [0.1, 0.15) is 5.69 Å². The van der Waals surface area contributed by atoms with Crippen LogP contribution in [-0.4, -0.2) is 27.3 Å². The van der Waals surface area contributed by atoms with E-state index in [1.54, 1.807) is 18.2 Å². The highest BCUT2D eigenvalue weighted by atomic mass is 19.4. The SMILES string of the molecule is FC(C(F)(F)F)C(F)(F)n1cc(-c2ccccc2)nn1. The topological polar surface area (TPSA) is 30.7 Å². The smallest absolute Gasteiger partial charge is 0.228 e. The summed E-state index contributed by atoms with van der Waals surface area (Å²) in [4.78, 5) is 0. The molecule has 0 saturated heterocycles. The van der Waals surface area contributed by atoms with Crippen molar-refractivity contribution in [3.63, 3.8) is 0 Å². The van der Waals surface area contributed by atoms with Gasteiger partial charge in [-0.1, -0.05) is 35.5 Å². The van der Waals surface area contributed by atoms with Crippen molar-refractivity contribution in [3.8, 4) is 11.3 Å². The zero-order valence-corrected chi connectivity index (χ0v) is 9.65. The van der Waals surface area contributed by atoms with Crippen LogP contribution in [0, 0.1) is 0 Å². The molecule has 2 aromatic rings. The fraction of sp³-hybridized carbons (Fsp3) is 0.273. The number of hydrogen-bond acceptors (Lipinski definition) is 2. The summed E-state index contributed by atoms with van der Waals surface area (Å²) >= 11 is 0. The lowest BCUT2D eigenvalue weighted by Gasteiger charge is -2.21. The first-order chi connectivity index (χ1) is 9.23. The van der Waals surface area contributed by atoms with E-state index in [0.29, 0.717) is 11.8 Å². The first-order valence-corrected chi connectivity index (χ1v) is 5.30. The molecule has 0 bridgehead atoms. The number of hydrogen-bond donors (Lipinski definition) is 0. The van der Waals surface area contributed by atoms with Crippen LogP contribution in [-0.2, 0) is 6.05 Å². The zero-order chi connectivity index (χ0) is 15.0. The quantitative estimate of drug-likeness (QED) is 0.813. The summed E-state index contributed by atoms with van der Waals surface area (Å²) < 4.78 is 75.2. The largest absolute Gasteiger partial charge is 0.427 e. The van der Waals surface area contributed by atoms with Crippen LogP contribution in [0.5, 0.6) is 0 Å². The molecule has 0 aliphatic carbocycles. The van der Waals surface area contributed by atoms with Crippen LogP contribution < -0.4 is 0 Å². The van der Waals surface area contributed by atoms with Crippen molar-refractivity contribution in [2.24, 2.45) is 0 Å². The molecule has 108 valence electrons. The fourth-order valence-electron chi connectivity index (χ4n) is 1.46. The summed E-state index contributed by atoms with van der Waals surface area (Å²) in [6.45, 7) is 0. The Bertz CT molecular complexity index is 577. The van der Waals surface area contributed by atoms with E-state index in [2.05, 4.69) is 10.3 Å². The Morgan fingerprint density at radius 3 is 2.15 bits per heavy atom. The maximum absolute atomic E-state index is 13.3. The molecule has 1 atom stereocenters. The molecular formula is C11H7F6N3. The van der Waals surface area contributed by atoms with E-state index in [-0.39, 0.29) is 5.69 Å². The molecule has 0 aliphatic rings. The maximum Gasteiger partial charge on any atom is 0.427 e. The lowest BCUT2D eigenvalue weighted by molar-refractivity contribution is -0.276. The van der Waals surface area contributed by atoms with Gasteiger partial charge in [-0.3, -0.25) is 0 Å². The fourth-order valence-corrected chi connectivity index (χ4v) is 1.46. The Kier molecular flexibility index (Phi) is 3.45. The first kappa shape index (κ1) is 14.4. The number of benzene rings is 1. The van der Waals surface area contributed by atoms with Gasteiger partial charge in [0.05, 0.1) is 6.20 Å². The molecule has 0 spiro atoms. The number of nitrogens with zero attached hydrogens (tertiary/aromatic N) is 3. The Morgan fingerprint density at radius 2 is 1.60 bits per heavy atom. The number of alkyl halides is 6. The predicted octanol–water partition coefficient (Wildman–Crippen LogP) is 3.39. The average Bonchev–Trinajstić information content (AvgIpc) is 2.88. The molecule has 0 aliphatic heterocycles. The van der Waals surface area contributed by atoms with Crippen molar-refractivity contribution in [1.82, 2.24) is 15.0 Å². The van der Waals surface area contributed by atoms with E-state index in [9.17, 15) is 26.3 Å². The van der Waals surface area contributed by atoms with Crippen molar-refractivity contribution in [1.29, 1.82) is 0 Å². The molecule has 0 amide bonds. The first-order valence-electron chi connectivity index (χ1n) is 5.30. The monoisotopic (exact) mass is 295 g/mol.